The van der Waals surface area contributed by atoms with Crippen LogP contribution < -0.4 is 20.7 Å². The summed E-state index contributed by atoms with van der Waals surface area (Å²) in [6.07, 6.45) is 6.06. The van der Waals surface area contributed by atoms with Gasteiger partial charge in [-0.25, -0.2) is 23.7 Å². The third kappa shape index (κ3) is 8.78. The van der Waals surface area contributed by atoms with Crippen LogP contribution in [-0.4, -0.2) is 111 Å². The van der Waals surface area contributed by atoms with Gasteiger partial charge in [0.05, 0.1) is 40.4 Å². The van der Waals surface area contributed by atoms with Crippen LogP contribution in [-0.2, 0) is 17.9 Å². The molecule has 0 aliphatic carbocycles. The second-order valence-electron chi connectivity index (χ2n) is 15.5. The SMILES string of the molecule is C=C(Cn1c(CNc2nc(N3CCN(C)CC3)nc3c(Br)cnn23)nc2c(F)c(F)ccc21)C(=O)N1CCCCC1.Nc1ncnc2n[nH]c(-c3ccc(Oc4ccccc4)cc3)c12. The molecule has 0 saturated carbocycles. The summed E-state index contributed by atoms with van der Waals surface area (Å²) in [5.41, 5.74) is 9.45. The fourth-order valence-corrected chi connectivity index (χ4v) is 8.08. The predicted octanol–water partition coefficient (Wildman–Crippen LogP) is 6.84. The number of likely N-dealkylation sites (tertiary alicyclic amines) is 1. The molecule has 7 heterocycles. The Morgan fingerprint density at radius 1 is 0.922 bits per heavy atom. The monoisotopic (exact) mass is 931 g/mol. The summed E-state index contributed by atoms with van der Waals surface area (Å²) in [5, 5.41) is 15.5. The van der Waals surface area contributed by atoms with Gasteiger partial charge in [0, 0.05) is 50.4 Å². The topological polar surface area (TPSA) is 189 Å². The van der Waals surface area contributed by atoms with Gasteiger partial charge in [-0.3, -0.25) is 9.89 Å². The molecule has 10 rings (SSSR count). The zero-order valence-electron chi connectivity index (χ0n) is 34.9. The Bertz CT molecular complexity index is 2960. The van der Waals surface area contributed by atoms with Crippen LogP contribution in [0.2, 0.25) is 0 Å². The molecule has 0 unspecified atom stereocenters. The first-order valence-electron chi connectivity index (χ1n) is 20.8. The summed E-state index contributed by atoms with van der Waals surface area (Å²) in [4.78, 5) is 41.3. The highest BCUT2D eigenvalue weighted by atomic mass is 79.9. The number of nitrogens with two attached hydrogens (primary N) is 1. The number of carbonyl (C=O) groups excluding carboxylic acids is 1. The standard InChI is InChI=1S/C27H31BrF2N10O.C17H13N5O/c1-17(25(41)37-8-4-3-5-9-37)16-39-20-7-6-19(29)22(30)23(20)33-21(39)15-31-26-35-27(38-12-10-36(2)11-13-38)34-24-18(28)14-32-40(24)26;18-16-14-15(21-22-17(14)20-10-19-16)11-6-8-13(9-7-11)23-12-4-2-1-3-5-12/h6-7,14H,1,3-5,8-13,15-16H2,2H3,(H,31,34,35);1-10H,(H3,18,19,20,21,22). The average Bonchev–Trinajstić information content (AvgIpc) is 4.04. The van der Waals surface area contributed by atoms with E-state index in [2.05, 4.69) is 74.9 Å². The number of nitrogens with zero attached hydrogens (tertiary/aromatic N) is 12. The number of ether oxygens (including phenoxy) is 1. The summed E-state index contributed by atoms with van der Waals surface area (Å²) in [5.74, 6) is 1.19. The molecule has 328 valence electrons. The molecule has 0 spiro atoms. The first-order valence-corrected chi connectivity index (χ1v) is 21.6. The normalized spacial score (nSPS) is 14.5. The number of aromatic amines is 1. The number of nitrogens with one attached hydrogen (secondary N) is 2. The number of para-hydroxylation sites is 1. The van der Waals surface area contributed by atoms with E-state index in [0.29, 0.717) is 59.0 Å². The molecule has 8 aromatic rings. The Labute approximate surface area is 374 Å². The van der Waals surface area contributed by atoms with Gasteiger partial charge in [-0.2, -0.15) is 24.7 Å². The summed E-state index contributed by atoms with van der Waals surface area (Å²) < 4.78 is 38.7. The minimum absolute atomic E-state index is 0.0902. The van der Waals surface area contributed by atoms with Crippen LogP contribution in [0.1, 0.15) is 25.1 Å². The lowest BCUT2D eigenvalue weighted by molar-refractivity contribution is -0.128. The number of amides is 1. The van der Waals surface area contributed by atoms with Crippen LogP contribution >= 0.6 is 15.9 Å². The first kappa shape index (κ1) is 42.3. The van der Waals surface area contributed by atoms with Crippen molar-refractivity contribution in [3.63, 3.8) is 0 Å². The number of imidazole rings is 1. The van der Waals surface area contributed by atoms with Crippen LogP contribution in [0.15, 0.2) is 95.9 Å². The molecule has 17 nitrogen and oxygen atoms in total. The van der Waals surface area contributed by atoms with E-state index in [1.54, 1.807) is 20.2 Å². The van der Waals surface area contributed by atoms with E-state index in [1.165, 1.54) is 12.4 Å². The second-order valence-corrected chi connectivity index (χ2v) is 16.4. The number of rotatable bonds is 10. The molecule has 1 amide bonds. The molecule has 3 aromatic carbocycles. The number of nitrogen functional groups attached to an aromatic ring is 1. The molecule has 2 saturated heterocycles. The lowest BCUT2D eigenvalue weighted by Crippen LogP contribution is -2.45. The maximum absolute atomic E-state index is 14.8. The third-order valence-electron chi connectivity index (χ3n) is 11.2. The number of carbonyl (C=O) groups is 1. The predicted molar refractivity (Wildman–Crippen MR) is 243 cm³/mol. The number of benzene rings is 3. The molecule has 64 heavy (non-hydrogen) atoms. The van der Waals surface area contributed by atoms with Gasteiger partial charge in [0.15, 0.2) is 22.9 Å². The Balaban J connectivity index is 0.000000190. The molecule has 5 aromatic heterocycles. The average molecular weight is 933 g/mol. The van der Waals surface area contributed by atoms with E-state index in [4.69, 9.17) is 20.4 Å². The summed E-state index contributed by atoms with van der Waals surface area (Å²) in [6, 6.07) is 19.9. The highest BCUT2D eigenvalue weighted by Crippen LogP contribution is 2.31. The van der Waals surface area contributed by atoms with Crippen molar-refractivity contribution in [1.82, 2.24) is 59.1 Å². The van der Waals surface area contributed by atoms with E-state index in [1.807, 2.05) is 54.6 Å². The van der Waals surface area contributed by atoms with Crippen LogP contribution in [0.3, 0.4) is 0 Å². The third-order valence-corrected chi connectivity index (χ3v) is 11.8. The minimum atomic E-state index is -1.03. The van der Waals surface area contributed by atoms with Gasteiger partial charge in [-0.1, -0.05) is 24.8 Å². The van der Waals surface area contributed by atoms with Crippen molar-refractivity contribution in [2.45, 2.75) is 32.4 Å². The molecule has 0 bridgehead atoms. The van der Waals surface area contributed by atoms with Gasteiger partial charge in [-0.15, -0.1) is 0 Å². The van der Waals surface area contributed by atoms with Gasteiger partial charge in [0.25, 0.3) is 5.91 Å². The quantitative estimate of drug-likeness (QED) is 0.121. The lowest BCUT2D eigenvalue weighted by Gasteiger charge is -2.32. The number of hydrogen-bond acceptors (Lipinski definition) is 13. The van der Waals surface area contributed by atoms with Crippen molar-refractivity contribution in [3.05, 3.63) is 113 Å². The van der Waals surface area contributed by atoms with Crippen LogP contribution in [0.4, 0.5) is 26.5 Å². The maximum atomic E-state index is 14.8. The number of piperazine rings is 1. The highest BCUT2D eigenvalue weighted by Gasteiger charge is 2.24. The zero-order chi connectivity index (χ0) is 44.3. The van der Waals surface area contributed by atoms with Crippen LogP contribution in [0.25, 0.3) is 39.0 Å². The summed E-state index contributed by atoms with van der Waals surface area (Å²) >= 11 is 3.52. The van der Waals surface area contributed by atoms with Gasteiger partial charge in [-0.05, 0) is 90.8 Å². The number of H-pyrrole nitrogens is 1. The van der Waals surface area contributed by atoms with Gasteiger partial charge in [0.1, 0.15) is 35.0 Å². The Hall–Kier alpha value is -7.06. The molecular formula is C44H44BrF2N15O2. The second kappa shape index (κ2) is 18.3. The summed E-state index contributed by atoms with van der Waals surface area (Å²) in [6.45, 7) is 8.97. The number of piperidine rings is 1. The van der Waals surface area contributed by atoms with Crippen molar-refractivity contribution in [1.29, 1.82) is 0 Å². The lowest BCUT2D eigenvalue weighted by atomic mass is 10.1. The zero-order valence-corrected chi connectivity index (χ0v) is 36.5. The fraction of sp³-hybridized carbons (Fsp3) is 0.273. The number of anilines is 3. The van der Waals surface area contributed by atoms with Crippen LogP contribution in [0.5, 0.6) is 11.5 Å². The molecule has 0 radical (unpaired) electrons. The molecule has 2 aliphatic heterocycles. The van der Waals surface area contributed by atoms with E-state index >= 15 is 0 Å². The molecule has 2 aliphatic rings. The van der Waals surface area contributed by atoms with Gasteiger partial charge >= 0.3 is 0 Å². The van der Waals surface area contributed by atoms with E-state index in [0.717, 1.165) is 84.1 Å². The van der Waals surface area contributed by atoms with Gasteiger partial charge in [0.2, 0.25) is 11.9 Å². The molecule has 0 atom stereocenters. The van der Waals surface area contributed by atoms with Crippen molar-refractivity contribution in [3.8, 4) is 22.8 Å². The Morgan fingerprint density at radius 2 is 1.67 bits per heavy atom. The van der Waals surface area contributed by atoms with E-state index < -0.39 is 11.6 Å². The Morgan fingerprint density at radius 3 is 2.44 bits per heavy atom. The molecule has 2 fully saturated rings. The van der Waals surface area contributed by atoms with Crippen LogP contribution in [0, 0.1) is 11.6 Å². The first-order chi connectivity index (χ1) is 31.1. The number of fused-ring (bicyclic) bond motifs is 3. The largest absolute Gasteiger partial charge is 0.457 e. The van der Waals surface area contributed by atoms with Crippen molar-refractivity contribution >= 4 is 67.3 Å². The fourth-order valence-electron chi connectivity index (χ4n) is 7.73. The van der Waals surface area contributed by atoms with E-state index in [-0.39, 0.29) is 24.5 Å². The molecule has 20 heteroatoms. The number of hydrogen-bond donors (Lipinski definition) is 3. The molecular weight excluding hydrogens is 888 g/mol. The van der Waals surface area contributed by atoms with Crippen molar-refractivity contribution in [2.75, 3.05) is 62.3 Å². The molecule has 4 N–H and O–H groups in total. The minimum Gasteiger partial charge on any atom is -0.457 e. The maximum Gasteiger partial charge on any atom is 0.250 e. The summed E-state index contributed by atoms with van der Waals surface area (Å²) in [7, 11) is 2.08. The Kier molecular flexibility index (Phi) is 12.1. The van der Waals surface area contributed by atoms with Gasteiger partial charge < -0.3 is 35.1 Å². The highest BCUT2D eigenvalue weighted by molar-refractivity contribution is 9.10. The van der Waals surface area contributed by atoms with Crippen molar-refractivity contribution < 1.29 is 18.3 Å². The number of likely N-dealkylation sites (N-methyl/N-ethyl adjacent to an activating group) is 1. The van der Waals surface area contributed by atoms with E-state index in [9.17, 15) is 13.6 Å². The number of halogens is 3. The smallest absolute Gasteiger partial charge is 0.250 e. The number of aromatic nitrogens is 10. The van der Waals surface area contributed by atoms with Crippen molar-refractivity contribution in [2.24, 2.45) is 0 Å².